The summed E-state index contributed by atoms with van der Waals surface area (Å²) in [6.45, 7) is 7.16. The number of amides is 1. The summed E-state index contributed by atoms with van der Waals surface area (Å²) in [7, 11) is 2.07. The number of hydrogen-bond donors (Lipinski definition) is 3. The number of allylic oxidation sites excluding steroid dienone is 2. The van der Waals surface area contributed by atoms with Crippen LogP contribution in [0.1, 0.15) is 84.4 Å². The molecule has 0 radical (unpaired) electrons. The molecular formula is C30H45N7O4. The van der Waals surface area contributed by atoms with Gasteiger partial charge in [0, 0.05) is 42.1 Å². The molecule has 1 aliphatic carbocycles. The summed E-state index contributed by atoms with van der Waals surface area (Å²) in [5.74, 6) is -0.435. The fourth-order valence-corrected chi connectivity index (χ4v) is 5.12. The molecule has 2 aliphatic rings. The first kappa shape index (κ1) is 31.9. The number of carbonyl (C=O) groups is 3. The standard InChI is InChI=1S/C30H45N7O4/c1-5-9-23(29(40)22-11-6-7-12-24(22)38)28(32)30-35-25(33-14-13-20(31)16-26(39)34-19(2)3)17-27(36-30)41-18-21-10-8-15-37(21)4/h13-14,17,19,21-22H,5-12,15-16,18,31-32H2,1-4H3,(H,34,39)/b20-13-,28-23-,33-14+/t21-,22?/m0/s1. The third-order valence-electron chi connectivity index (χ3n) is 7.33. The monoisotopic (exact) mass is 567 g/mol. The molecular weight excluding hydrogens is 522 g/mol. The molecule has 1 saturated heterocycles. The lowest BCUT2D eigenvalue weighted by Gasteiger charge is -2.21. The van der Waals surface area contributed by atoms with Crippen molar-refractivity contribution in [1.29, 1.82) is 0 Å². The summed E-state index contributed by atoms with van der Waals surface area (Å²) in [6.07, 6.45) is 8.86. The van der Waals surface area contributed by atoms with Crippen LogP contribution >= 0.6 is 0 Å². The molecule has 11 heteroatoms. The first-order valence-corrected chi connectivity index (χ1v) is 14.6. The Labute approximate surface area is 242 Å². The normalized spacial score (nSPS) is 20.9. The highest BCUT2D eigenvalue weighted by atomic mass is 16.5. The first-order valence-electron chi connectivity index (χ1n) is 14.6. The minimum atomic E-state index is -0.667. The van der Waals surface area contributed by atoms with Crippen molar-refractivity contribution >= 4 is 35.2 Å². The number of nitrogens with zero attached hydrogens (tertiary/aromatic N) is 4. The molecule has 5 N–H and O–H groups in total. The van der Waals surface area contributed by atoms with Crippen molar-refractivity contribution in [3.63, 3.8) is 0 Å². The van der Waals surface area contributed by atoms with Crippen molar-refractivity contribution in [1.82, 2.24) is 20.2 Å². The Balaban J connectivity index is 1.92. The van der Waals surface area contributed by atoms with Gasteiger partial charge >= 0.3 is 0 Å². The summed E-state index contributed by atoms with van der Waals surface area (Å²) >= 11 is 0. The van der Waals surface area contributed by atoms with Gasteiger partial charge in [-0.25, -0.2) is 9.98 Å². The number of nitrogens with one attached hydrogen (secondary N) is 1. The van der Waals surface area contributed by atoms with E-state index in [1.54, 1.807) is 6.07 Å². The number of Topliss-reactive ketones (excluding diaryl/α,β-unsaturated/α-hetero) is 2. The molecule has 3 rings (SSSR count). The molecule has 1 aromatic heterocycles. The summed E-state index contributed by atoms with van der Waals surface area (Å²) < 4.78 is 6.07. The highest BCUT2D eigenvalue weighted by Crippen LogP contribution is 2.29. The van der Waals surface area contributed by atoms with Gasteiger partial charge in [0.1, 0.15) is 12.4 Å². The maximum atomic E-state index is 13.5. The predicted molar refractivity (Wildman–Crippen MR) is 159 cm³/mol. The van der Waals surface area contributed by atoms with Crippen LogP contribution in [0.2, 0.25) is 0 Å². The first-order chi connectivity index (χ1) is 19.6. The Hall–Kier alpha value is -3.60. The second-order valence-electron chi connectivity index (χ2n) is 11.2. The fourth-order valence-electron chi connectivity index (χ4n) is 5.12. The summed E-state index contributed by atoms with van der Waals surface area (Å²) in [5.41, 5.74) is 13.4. The number of ether oxygens (including phenoxy) is 1. The number of ketones is 2. The molecule has 224 valence electrons. The van der Waals surface area contributed by atoms with Crippen molar-refractivity contribution in [2.75, 3.05) is 20.2 Å². The van der Waals surface area contributed by atoms with E-state index >= 15 is 0 Å². The number of aromatic nitrogens is 2. The zero-order valence-corrected chi connectivity index (χ0v) is 24.8. The van der Waals surface area contributed by atoms with Gasteiger partial charge in [-0.05, 0) is 65.6 Å². The lowest BCUT2D eigenvalue weighted by atomic mass is 9.81. The van der Waals surface area contributed by atoms with Crippen LogP contribution in [0.15, 0.2) is 28.4 Å². The Kier molecular flexibility index (Phi) is 12.0. The average molecular weight is 568 g/mol. The number of rotatable bonds is 13. The third kappa shape index (κ3) is 9.48. The quantitative estimate of drug-likeness (QED) is 0.184. The van der Waals surface area contributed by atoms with Gasteiger partial charge in [0.2, 0.25) is 11.8 Å². The van der Waals surface area contributed by atoms with Crippen molar-refractivity contribution < 1.29 is 19.1 Å². The average Bonchev–Trinajstić information content (AvgIpc) is 3.34. The van der Waals surface area contributed by atoms with Crippen LogP contribution in [0.4, 0.5) is 5.82 Å². The van der Waals surface area contributed by atoms with Gasteiger partial charge in [0.25, 0.3) is 0 Å². The molecule has 1 saturated carbocycles. The summed E-state index contributed by atoms with van der Waals surface area (Å²) in [5, 5.41) is 2.79. The number of carbonyl (C=O) groups excluding carboxylic acids is 3. The van der Waals surface area contributed by atoms with Crippen LogP contribution in [0.3, 0.4) is 0 Å². The predicted octanol–water partition coefficient (Wildman–Crippen LogP) is 3.21. The minimum absolute atomic E-state index is 0.0186. The number of hydrogen-bond acceptors (Lipinski definition) is 10. The third-order valence-corrected chi connectivity index (χ3v) is 7.33. The molecule has 2 heterocycles. The molecule has 1 aliphatic heterocycles. The Morgan fingerprint density at radius 1 is 1.22 bits per heavy atom. The van der Waals surface area contributed by atoms with Gasteiger partial charge in [0.05, 0.1) is 18.0 Å². The van der Waals surface area contributed by atoms with E-state index in [1.165, 1.54) is 12.3 Å². The van der Waals surface area contributed by atoms with E-state index < -0.39 is 5.92 Å². The molecule has 1 amide bonds. The molecule has 1 aromatic rings. The largest absolute Gasteiger partial charge is 0.476 e. The van der Waals surface area contributed by atoms with Gasteiger partial charge in [0.15, 0.2) is 17.4 Å². The number of likely N-dealkylation sites (tertiary alicyclic amines) is 1. The molecule has 0 spiro atoms. The maximum Gasteiger partial charge on any atom is 0.226 e. The number of nitrogens with two attached hydrogens (primary N) is 2. The number of aliphatic imine (C=N–C) groups is 1. The van der Waals surface area contributed by atoms with E-state index in [-0.39, 0.29) is 59.2 Å². The van der Waals surface area contributed by atoms with Crippen molar-refractivity contribution in [3.8, 4) is 5.88 Å². The van der Waals surface area contributed by atoms with Crippen LogP contribution < -0.4 is 21.5 Å². The van der Waals surface area contributed by atoms with Gasteiger partial charge < -0.3 is 26.4 Å². The zero-order valence-electron chi connectivity index (χ0n) is 24.8. The molecule has 2 atom stereocenters. The van der Waals surface area contributed by atoms with Crippen molar-refractivity contribution in [2.24, 2.45) is 22.4 Å². The van der Waals surface area contributed by atoms with Crippen LogP contribution in [0.5, 0.6) is 5.88 Å². The van der Waals surface area contributed by atoms with E-state index in [1.807, 2.05) is 20.8 Å². The lowest BCUT2D eigenvalue weighted by molar-refractivity contribution is -0.132. The molecule has 0 aromatic carbocycles. The molecule has 0 bridgehead atoms. The Morgan fingerprint density at radius 3 is 2.66 bits per heavy atom. The minimum Gasteiger partial charge on any atom is -0.476 e. The van der Waals surface area contributed by atoms with Crippen LogP contribution in [0, 0.1) is 5.92 Å². The van der Waals surface area contributed by atoms with Crippen LogP contribution in [-0.4, -0.2) is 70.8 Å². The SMILES string of the molecule is CCC/C(C(=O)C1CCCCC1=O)=C(/N)c1nc(/N=C/C=C(\N)CC(=O)NC(C)C)cc(OC[C@@H]2CCCN2C)n1. The van der Waals surface area contributed by atoms with E-state index in [9.17, 15) is 14.4 Å². The topological polar surface area (TPSA) is 166 Å². The highest BCUT2D eigenvalue weighted by molar-refractivity contribution is 6.13. The number of likely N-dealkylation sites (N-methyl/N-ethyl adjacent to an activating group) is 1. The molecule has 1 unspecified atom stereocenters. The van der Waals surface area contributed by atoms with E-state index in [0.29, 0.717) is 43.6 Å². The van der Waals surface area contributed by atoms with Crippen LogP contribution in [-0.2, 0) is 14.4 Å². The van der Waals surface area contributed by atoms with Gasteiger partial charge in [-0.15, -0.1) is 0 Å². The van der Waals surface area contributed by atoms with E-state index in [0.717, 1.165) is 32.2 Å². The zero-order chi connectivity index (χ0) is 29.9. The van der Waals surface area contributed by atoms with Gasteiger partial charge in [-0.3, -0.25) is 14.4 Å². The molecule has 2 fully saturated rings. The second-order valence-corrected chi connectivity index (χ2v) is 11.2. The summed E-state index contributed by atoms with van der Waals surface area (Å²) in [4.78, 5) is 53.7. The van der Waals surface area contributed by atoms with Crippen molar-refractivity contribution in [2.45, 2.75) is 90.6 Å². The maximum absolute atomic E-state index is 13.5. The molecule has 41 heavy (non-hydrogen) atoms. The Bertz CT molecular complexity index is 1190. The smallest absolute Gasteiger partial charge is 0.226 e. The summed E-state index contributed by atoms with van der Waals surface area (Å²) in [6, 6.07) is 1.89. The van der Waals surface area contributed by atoms with Crippen LogP contribution in [0.25, 0.3) is 5.70 Å². The lowest BCUT2D eigenvalue weighted by Crippen LogP contribution is -2.31. The fraction of sp³-hybridized carbons (Fsp3) is 0.600. The Morgan fingerprint density at radius 2 is 2.00 bits per heavy atom. The molecule has 11 nitrogen and oxygen atoms in total. The second kappa shape index (κ2) is 15.4. The van der Waals surface area contributed by atoms with E-state index in [2.05, 4.69) is 32.2 Å². The van der Waals surface area contributed by atoms with Gasteiger partial charge in [-0.2, -0.15) is 4.98 Å². The highest BCUT2D eigenvalue weighted by Gasteiger charge is 2.32. The van der Waals surface area contributed by atoms with Crippen molar-refractivity contribution in [3.05, 3.63) is 29.2 Å². The van der Waals surface area contributed by atoms with E-state index in [4.69, 9.17) is 16.2 Å². The van der Waals surface area contributed by atoms with Gasteiger partial charge in [-0.1, -0.05) is 19.8 Å².